The molecule has 0 saturated heterocycles. The molecule has 1 atom stereocenters. The summed E-state index contributed by atoms with van der Waals surface area (Å²) in [6.07, 6.45) is 1.27. The van der Waals surface area contributed by atoms with Gasteiger partial charge in [-0.05, 0) is 34.1 Å². The number of carbonyl (C=O) groups is 2. The molecule has 17 heavy (non-hydrogen) atoms. The van der Waals surface area contributed by atoms with Crippen molar-refractivity contribution < 1.29 is 19.1 Å². The van der Waals surface area contributed by atoms with E-state index < -0.39 is 17.5 Å². The maximum Gasteiger partial charge on any atom is 0.316 e. The van der Waals surface area contributed by atoms with Crippen LogP contribution in [0.5, 0.6) is 0 Å². The van der Waals surface area contributed by atoms with Gasteiger partial charge < -0.3 is 9.47 Å². The van der Waals surface area contributed by atoms with E-state index in [0.29, 0.717) is 19.6 Å². The van der Waals surface area contributed by atoms with Gasteiger partial charge in [0.1, 0.15) is 11.5 Å². The first-order valence-electron chi connectivity index (χ1n) is 6.25. The Balaban J connectivity index is 4.80. The molecule has 1 unspecified atom stereocenters. The Morgan fingerprint density at radius 2 is 1.71 bits per heavy atom. The minimum absolute atomic E-state index is 0.195. The molecule has 0 N–H and O–H groups in total. The molecular weight excluding hydrogens is 220 g/mol. The molecule has 0 spiro atoms. The van der Waals surface area contributed by atoms with Crippen LogP contribution < -0.4 is 0 Å². The van der Waals surface area contributed by atoms with E-state index in [0.717, 1.165) is 6.42 Å². The van der Waals surface area contributed by atoms with E-state index in [-0.39, 0.29) is 5.78 Å². The average molecular weight is 244 g/mol. The molecule has 0 bridgehead atoms. The number of hydrogen-bond acceptors (Lipinski definition) is 4. The molecule has 0 aliphatic heterocycles. The van der Waals surface area contributed by atoms with Gasteiger partial charge in [-0.1, -0.05) is 13.3 Å². The zero-order chi connectivity index (χ0) is 13.5. The van der Waals surface area contributed by atoms with E-state index >= 15 is 0 Å². The molecule has 0 aliphatic carbocycles. The summed E-state index contributed by atoms with van der Waals surface area (Å²) in [7, 11) is 0. The summed E-state index contributed by atoms with van der Waals surface area (Å²) in [5.41, 5.74) is -0.929. The van der Waals surface area contributed by atoms with E-state index in [1.807, 2.05) is 13.8 Å². The zero-order valence-corrected chi connectivity index (χ0v) is 11.5. The van der Waals surface area contributed by atoms with Gasteiger partial charge in [-0.2, -0.15) is 0 Å². The molecule has 0 fully saturated rings. The van der Waals surface area contributed by atoms with E-state index in [1.165, 1.54) is 0 Å². The maximum atomic E-state index is 12.2. The Morgan fingerprint density at radius 1 is 1.12 bits per heavy atom. The lowest BCUT2D eigenvalue weighted by molar-refractivity contribution is -0.159. The monoisotopic (exact) mass is 244 g/mol. The highest BCUT2D eigenvalue weighted by Crippen LogP contribution is 2.21. The van der Waals surface area contributed by atoms with E-state index in [1.54, 1.807) is 20.8 Å². The molecule has 0 aromatic carbocycles. The number of carbonyl (C=O) groups excluding carboxylic acids is 2. The molecule has 4 heteroatoms. The van der Waals surface area contributed by atoms with Gasteiger partial charge in [0.05, 0.1) is 6.61 Å². The van der Waals surface area contributed by atoms with Crippen molar-refractivity contribution in [1.29, 1.82) is 0 Å². The third-order valence-corrected chi connectivity index (χ3v) is 2.56. The Bertz CT molecular complexity index is 258. The minimum Gasteiger partial charge on any atom is -0.465 e. The van der Waals surface area contributed by atoms with Gasteiger partial charge in [0.2, 0.25) is 0 Å². The van der Waals surface area contributed by atoms with Crippen molar-refractivity contribution >= 4 is 11.8 Å². The molecule has 0 aromatic heterocycles. The van der Waals surface area contributed by atoms with Crippen molar-refractivity contribution in [2.75, 3.05) is 13.2 Å². The fourth-order valence-electron chi connectivity index (χ4n) is 1.74. The summed E-state index contributed by atoms with van der Waals surface area (Å²) in [6.45, 7) is 9.63. The summed E-state index contributed by atoms with van der Waals surface area (Å²) in [5.74, 6) is -1.34. The molecular formula is C13H24O4. The molecule has 0 heterocycles. The van der Waals surface area contributed by atoms with Crippen molar-refractivity contribution in [2.45, 2.75) is 53.1 Å². The molecule has 4 nitrogen and oxygen atoms in total. The van der Waals surface area contributed by atoms with Gasteiger partial charge in [-0.15, -0.1) is 0 Å². The van der Waals surface area contributed by atoms with Crippen molar-refractivity contribution in [3.05, 3.63) is 0 Å². The van der Waals surface area contributed by atoms with Gasteiger partial charge in [0, 0.05) is 6.61 Å². The molecule has 0 aliphatic rings. The second-order valence-corrected chi connectivity index (χ2v) is 4.40. The zero-order valence-electron chi connectivity index (χ0n) is 11.5. The highest BCUT2D eigenvalue weighted by atomic mass is 16.5. The van der Waals surface area contributed by atoms with Crippen molar-refractivity contribution in [3.63, 3.8) is 0 Å². The van der Waals surface area contributed by atoms with Crippen LogP contribution in [0.4, 0.5) is 0 Å². The molecule has 0 aromatic rings. The van der Waals surface area contributed by atoms with E-state index in [9.17, 15) is 9.59 Å². The highest BCUT2D eigenvalue weighted by molar-refractivity contribution is 6.03. The quantitative estimate of drug-likeness (QED) is 0.486. The van der Waals surface area contributed by atoms with Crippen LogP contribution in [-0.2, 0) is 19.1 Å². The van der Waals surface area contributed by atoms with Gasteiger partial charge in [-0.25, -0.2) is 0 Å². The minimum atomic E-state index is -0.929. The third kappa shape index (κ3) is 4.86. The molecule has 0 saturated carbocycles. The molecule has 100 valence electrons. The van der Waals surface area contributed by atoms with Crippen LogP contribution in [0.3, 0.4) is 0 Å². The SMILES string of the molecule is CCCC(C(=O)OCC)C(=O)C(C)(C)OCC. The fraction of sp³-hybridized carbons (Fsp3) is 0.846. The third-order valence-electron chi connectivity index (χ3n) is 2.56. The average Bonchev–Trinajstić information content (AvgIpc) is 2.25. The lowest BCUT2D eigenvalue weighted by atomic mass is 9.88. The number of ether oxygens (including phenoxy) is 2. The highest BCUT2D eigenvalue weighted by Gasteiger charge is 2.38. The number of Topliss-reactive ketones (excluding diaryl/α,β-unsaturated/α-hetero) is 1. The number of rotatable bonds is 8. The Kier molecular flexibility index (Phi) is 7.04. The van der Waals surface area contributed by atoms with E-state index in [4.69, 9.17) is 9.47 Å². The van der Waals surface area contributed by atoms with E-state index in [2.05, 4.69) is 0 Å². The largest absolute Gasteiger partial charge is 0.465 e. The predicted octanol–water partition coefficient (Wildman–Crippen LogP) is 2.35. The van der Waals surface area contributed by atoms with Crippen molar-refractivity contribution in [2.24, 2.45) is 5.92 Å². The van der Waals surface area contributed by atoms with Crippen LogP contribution in [0.15, 0.2) is 0 Å². The van der Waals surface area contributed by atoms with Crippen LogP contribution in [0.2, 0.25) is 0 Å². The lowest BCUT2D eigenvalue weighted by Gasteiger charge is -2.27. The second-order valence-electron chi connectivity index (χ2n) is 4.40. The van der Waals surface area contributed by atoms with Crippen LogP contribution in [0, 0.1) is 5.92 Å². The number of hydrogen-bond donors (Lipinski definition) is 0. The number of esters is 1. The first-order chi connectivity index (χ1) is 7.90. The Morgan fingerprint density at radius 3 is 2.12 bits per heavy atom. The van der Waals surface area contributed by atoms with Gasteiger partial charge >= 0.3 is 5.97 Å². The van der Waals surface area contributed by atoms with Crippen molar-refractivity contribution in [1.82, 2.24) is 0 Å². The second kappa shape index (κ2) is 7.43. The van der Waals surface area contributed by atoms with Crippen LogP contribution in [0.1, 0.15) is 47.5 Å². The smallest absolute Gasteiger partial charge is 0.316 e. The topological polar surface area (TPSA) is 52.6 Å². The van der Waals surface area contributed by atoms with Crippen LogP contribution in [-0.4, -0.2) is 30.6 Å². The van der Waals surface area contributed by atoms with Crippen LogP contribution >= 0.6 is 0 Å². The van der Waals surface area contributed by atoms with Gasteiger partial charge in [0.25, 0.3) is 0 Å². The summed E-state index contributed by atoms with van der Waals surface area (Å²) in [4.78, 5) is 24.0. The van der Waals surface area contributed by atoms with Gasteiger partial charge in [0.15, 0.2) is 5.78 Å². The molecule has 0 rings (SSSR count). The molecule has 0 radical (unpaired) electrons. The summed E-state index contributed by atoms with van der Waals surface area (Å²) < 4.78 is 10.3. The lowest BCUT2D eigenvalue weighted by Crippen LogP contribution is -2.43. The van der Waals surface area contributed by atoms with Crippen LogP contribution in [0.25, 0.3) is 0 Å². The summed E-state index contributed by atoms with van der Waals surface area (Å²) in [6, 6.07) is 0. The van der Waals surface area contributed by atoms with Crippen molar-refractivity contribution in [3.8, 4) is 0 Å². The first kappa shape index (κ1) is 16.1. The van der Waals surface area contributed by atoms with Gasteiger partial charge in [-0.3, -0.25) is 9.59 Å². The predicted molar refractivity (Wildman–Crippen MR) is 65.7 cm³/mol. The standard InChI is InChI=1S/C13H24O4/c1-6-9-10(12(15)16-7-2)11(14)13(4,5)17-8-3/h10H,6-9H2,1-5H3. The summed E-state index contributed by atoms with van der Waals surface area (Å²) >= 11 is 0. The first-order valence-corrected chi connectivity index (χ1v) is 6.25. The summed E-state index contributed by atoms with van der Waals surface area (Å²) in [5, 5.41) is 0. The molecule has 0 amide bonds. The Labute approximate surface area is 104 Å². The normalized spacial score (nSPS) is 13.2. The Hall–Kier alpha value is -0.900. The maximum absolute atomic E-state index is 12.2. The fourth-order valence-corrected chi connectivity index (χ4v) is 1.74. The number of ketones is 1.